The van der Waals surface area contributed by atoms with E-state index in [9.17, 15) is 22.4 Å². The van der Waals surface area contributed by atoms with Gasteiger partial charge < -0.3 is 10.6 Å². The van der Waals surface area contributed by atoms with E-state index in [-0.39, 0.29) is 21.1 Å². The van der Waals surface area contributed by atoms with Gasteiger partial charge in [-0.2, -0.15) is 10.5 Å². The fourth-order valence-electron chi connectivity index (χ4n) is 2.88. The van der Waals surface area contributed by atoms with Crippen molar-refractivity contribution in [2.24, 2.45) is 0 Å². The number of nitriles is 2. The normalized spacial score (nSPS) is 15.2. The summed E-state index contributed by atoms with van der Waals surface area (Å²) < 4.78 is 40.0. The number of urea groups is 1. The van der Waals surface area contributed by atoms with E-state index in [1.165, 1.54) is 31.3 Å². The Kier molecular flexibility index (Phi) is 5.36. The molecule has 1 atom stereocenters. The SMILES string of the molecule is C[C@H](NC(=O)CN1C(=O)Nc2ccnc(C#N)c2S1(=O)=O)c1ccc(C#N)cc1F. The summed E-state index contributed by atoms with van der Waals surface area (Å²) >= 11 is 0. The highest BCUT2D eigenvalue weighted by Gasteiger charge is 2.40. The fraction of sp³-hybridized carbons (Fsp3) is 0.167. The Morgan fingerprint density at radius 1 is 1.33 bits per heavy atom. The van der Waals surface area contributed by atoms with Crippen molar-refractivity contribution in [2.75, 3.05) is 11.9 Å². The van der Waals surface area contributed by atoms with Crippen molar-refractivity contribution in [3.8, 4) is 12.1 Å². The summed E-state index contributed by atoms with van der Waals surface area (Å²) in [7, 11) is -4.52. The van der Waals surface area contributed by atoms with E-state index in [1.807, 2.05) is 0 Å². The van der Waals surface area contributed by atoms with Gasteiger partial charge in [-0.3, -0.25) is 4.79 Å². The highest BCUT2D eigenvalue weighted by atomic mass is 32.2. The summed E-state index contributed by atoms with van der Waals surface area (Å²) in [6, 6.07) is 6.40. The Balaban J connectivity index is 1.82. The van der Waals surface area contributed by atoms with E-state index < -0.39 is 51.0 Å². The van der Waals surface area contributed by atoms with E-state index in [0.717, 1.165) is 6.07 Å². The zero-order chi connectivity index (χ0) is 22.1. The molecule has 1 aromatic heterocycles. The number of aromatic nitrogens is 1. The van der Waals surface area contributed by atoms with Gasteiger partial charge in [0.2, 0.25) is 5.91 Å². The molecular weight excluding hydrogens is 415 g/mol. The van der Waals surface area contributed by atoms with Crippen LogP contribution in [-0.2, 0) is 14.8 Å². The molecular formula is C18H13FN6O4S. The van der Waals surface area contributed by atoms with Crippen LogP contribution in [0.15, 0.2) is 35.4 Å². The molecule has 0 radical (unpaired) electrons. The lowest BCUT2D eigenvalue weighted by Gasteiger charge is -2.28. The van der Waals surface area contributed by atoms with Crippen LogP contribution in [0, 0.1) is 28.5 Å². The number of hydrogen-bond acceptors (Lipinski definition) is 7. The van der Waals surface area contributed by atoms with Gasteiger partial charge in [0.05, 0.1) is 23.4 Å². The van der Waals surface area contributed by atoms with Gasteiger partial charge in [0.1, 0.15) is 23.3 Å². The molecule has 12 heteroatoms. The predicted octanol–water partition coefficient (Wildman–Crippen LogP) is 1.38. The Hall–Kier alpha value is -4.03. The number of amides is 3. The Bertz CT molecular complexity index is 1250. The number of hydrogen-bond donors (Lipinski definition) is 2. The summed E-state index contributed by atoms with van der Waals surface area (Å²) in [6.45, 7) is 0.565. The quantitative estimate of drug-likeness (QED) is 0.745. The van der Waals surface area contributed by atoms with Gasteiger partial charge in [-0.15, -0.1) is 0 Å². The first-order valence-corrected chi connectivity index (χ1v) is 9.84. The first-order valence-electron chi connectivity index (χ1n) is 8.40. The third kappa shape index (κ3) is 3.64. The van der Waals surface area contributed by atoms with Gasteiger partial charge in [-0.25, -0.2) is 26.9 Å². The molecule has 10 nitrogen and oxygen atoms in total. The summed E-state index contributed by atoms with van der Waals surface area (Å²) in [5.74, 6) is -1.60. The summed E-state index contributed by atoms with van der Waals surface area (Å²) in [5, 5.41) is 22.6. The minimum absolute atomic E-state index is 0.0783. The van der Waals surface area contributed by atoms with Crippen molar-refractivity contribution in [1.82, 2.24) is 14.6 Å². The van der Waals surface area contributed by atoms with Gasteiger partial charge in [-0.1, -0.05) is 6.07 Å². The minimum atomic E-state index is -4.52. The standard InChI is InChI=1S/C18H13FN6O4S/c1-10(12-3-2-11(7-20)6-13(12)19)23-16(26)9-25-18(27)24-14-4-5-22-15(8-21)17(14)30(25,28)29/h2-6,10H,9H2,1H3,(H,23,26)(H,24,27)/t10-/m0/s1. The maximum absolute atomic E-state index is 14.1. The van der Waals surface area contributed by atoms with Crippen LogP contribution < -0.4 is 10.6 Å². The van der Waals surface area contributed by atoms with Crippen LogP contribution in [-0.4, -0.2) is 36.2 Å². The molecule has 2 aromatic rings. The van der Waals surface area contributed by atoms with Crippen molar-refractivity contribution in [3.63, 3.8) is 0 Å². The number of anilines is 1. The molecule has 0 saturated heterocycles. The summed E-state index contributed by atoms with van der Waals surface area (Å²) in [4.78, 5) is 27.8. The van der Waals surface area contributed by atoms with Crippen molar-refractivity contribution in [3.05, 3.63) is 53.1 Å². The number of sulfonamides is 1. The minimum Gasteiger partial charge on any atom is -0.348 e. The molecule has 0 bridgehead atoms. The number of fused-ring (bicyclic) bond motifs is 1. The highest BCUT2D eigenvalue weighted by molar-refractivity contribution is 7.90. The van der Waals surface area contributed by atoms with Gasteiger partial charge in [0.15, 0.2) is 5.69 Å². The molecule has 2 heterocycles. The highest BCUT2D eigenvalue weighted by Crippen LogP contribution is 2.31. The van der Waals surface area contributed by atoms with E-state index in [2.05, 4.69) is 15.6 Å². The summed E-state index contributed by atoms with van der Waals surface area (Å²) in [6.07, 6.45) is 1.17. The van der Waals surface area contributed by atoms with Crippen LogP contribution in [0.2, 0.25) is 0 Å². The van der Waals surface area contributed by atoms with Crippen LogP contribution in [0.25, 0.3) is 0 Å². The molecule has 3 amide bonds. The predicted molar refractivity (Wildman–Crippen MR) is 99.5 cm³/mol. The first-order chi connectivity index (χ1) is 14.2. The van der Waals surface area contributed by atoms with Crippen molar-refractivity contribution in [2.45, 2.75) is 17.9 Å². The third-order valence-corrected chi connectivity index (χ3v) is 6.09. The molecule has 3 rings (SSSR count). The molecule has 0 fully saturated rings. The lowest BCUT2D eigenvalue weighted by atomic mass is 10.1. The number of halogens is 1. The zero-order valence-electron chi connectivity index (χ0n) is 15.4. The van der Waals surface area contributed by atoms with Crippen LogP contribution in [0.4, 0.5) is 14.9 Å². The number of rotatable bonds is 4. The zero-order valence-corrected chi connectivity index (χ0v) is 16.2. The van der Waals surface area contributed by atoms with Gasteiger partial charge in [0, 0.05) is 11.8 Å². The van der Waals surface area contributed by atoms with Crippen LogP contribution in [0.1, 0.15) is 29.8 Å². The number of carbonyl (C=O) groups is 2. The van der Waals surface area contributed by atoms with Crippen LogP contribution in [0.3, 0.4) is 0 Å². The molecule has 2 N–H and O–H groups in total. The third-order valence-electron chi connectivity index (χ3n) is 4.29. The Morgan fingerprint density at radius 2 is 2.07 bits per heavy atom. The van der Waals surface area contributed by atoms with Crippen LogP contribution in [0.5, 0.6) is 0 Å². The summed E-state index contributed by atoms with van der Waals surface area (Å²) in [5.41, 5.74) is -0.358. The van der Waals surface area contributed by atoms with Crippen molar-refractivity contribution in [1.29, 1.82) is 10.5 Å². The van der Waals surface area contributed by atoms with E-state index >= 15 is 0 Å². The van der Waals surface area contributed by atoms with E-state index in [0.29, 0.717) is 0 Å². The molecule has 0 unspecified atom stereocenters. The number of pyridine rings is 1. The topological polar surface area (TPSA) is 156 Å². The smallest absolute Gasteiger partial charge is 0.336 e. The van der Waals surface area contributed by atoms with Gasteiger partial charge in [-0.05, 0) is 25.1 Å². The van der Waals surface area contributed by atoms with Crippen molar-refractivity contribution < 1.29 is 22.4 Å². The maximum Gasteiger partial charge on any atom is 0.336 e. The Labute approximate surface area is 170 Å². The molecule has 30 heavy (non-hydrogen) atoms. The average Bonchev–Trinajstić information content (AvgIpc) is 2.70. The monoisotopic (exact) mass is 428 g/mol. The molecule has 0 spiro atoms. The van der Waals surface area contributed by atoms with Crippen molar-refractivity contribution >= 4 is 27.6 Å². The first kappa shape index (κ1) is 20.7. The largest absolute Gasteiger partial charge is 0.348 e. The molecule has 1 aromatic carbocycles. The van der Waals surface area contributed by atoms with E-state index in [1.54, 1.807) is 12.1 Å². The molecule has 152 valence electrons. The van der Waals surface area contributed by atoms with E-state index in [4.69, 9.17) is 10.5 Å². The van der Waals surface area contributed by atoms with Crippen LogP contribution >= 0.6 is 0 Å². The lowest BCUT2D eigenvalue weighted by molar-refractivity contribution is -0.121. The second kappa shape index (κ2) is 7.77. The molecule has 1 aliphatic heterocycles. The Morgan fingerprint density at radius 3 is 2.70 bits per heavy atom. The molecule has 1 aliphatic rings. The molecule has 0 saturated carbocycles. The van der Waals surface area contributed by atoms with Gasteiger partial charge in [0.25, 0.3) is 10.0 Å². The lowest BCUT2D eigenvalue weighted by Crippen LogP contribution is -2.49. The molecule has 0 aliphatic carbocycles. The second-order valence-corrected chi connectivity index (χ2v) is 8.03. The van der Waals surface area contributed by atoms with Gasteiger partial charge >= 0.3 is 6.03 Å². The number of benzene rings is 1. The second-order valence-electron chi connectivity index (χ2n) is 6.23. The number of carbonyl (C=O) groups excluding carboxylic acids is 2. The number of nitrogens with one attached hydrogen (secondary N) is 2. The average molecular weight is 428 g/mol. The maximum atomic E-state index is 14.1. The number of nitrogens with zero attached hydrogens (tertiary/aromatic N) is 4. The fourth-order valence-corrected chi connectivity index (χ4v) is 4.40.